The van der Waals surface area contributed by atoms with Crippen LogP contribution in [0.2, 0.25) is 0 Å². The molecule has 2 aromatic rings. The number of nitrogens with two attached hydrogens (primary N) is 1. The van der Waals surface area contributed by atoms with Crippen LogP contribution in [0.3, 0.4) is 0 Å². The number of aromatic nitrogens is 1. The summed E-state index contributed by atoms with van der Waals surface area (Å²) in [5, 5.41) is 0. The predicted octanol–water partition coefficient (Wildman–Crippen LogP) is 3.48. The standard InChI is InChI=1S/C15H16F3N3/c1-10-2-6-13(21-19)12(8-10)5-3-11-4-7-14(20-9-11)15(16,17)18/h2,4,6-9,21H,3,5,19H2,1H3. The molecule has 2 rings (SSSR count). The molecule has 6 heteroatoms. The van der Waals surface area contributed by atoms with Crippen molar-refractivity contribution >= 4 is 5.69 Å². The molecular weight excluding hydrogens is 279 g/mol. The predicted molar refractivity (Wildman–Crippen MR) is 75.6 cm³/mol. The van der Waals surface area contributed by atoms with Crippen molar-refractivity contribution in [3.05, 3.63) is 58.9 Å². The highest BCUT2D eigenvalue weighted by Gasteiger charge is 2.31. The molecule has 3 nitrogen and oxygen atoms in total. The third-order valence-corrected chi connectivity index (χ3v) is 3.21. The van der Waals surface area contributed by atoms with E-state index in [1.807, 2.05) is 25.1 Å². The number of halogens is 3. The van der Waals surface area contributed by atoms with Crippen LogP contribution in [-0.4, -0.2) is 4.98 Å². The first-order valence-corrected chi connectivity index (χ1v) is 6.48. The topological polar surface area (TPSA) is 50.9 Å². The van der Waals surface area contributed by atoms with Crippen molar-refractivity contribution in [3.63, 3.8) is 0 Å². The number of nitrogens with one attached hydrogen (secondary N) is 1. The quantitative estimate of drug-likeness (QED) is 0.670. The summed E-state index contributed by atoms with van der Waals surface area (Å²) in [6.07, 6.45) is -1.85. The zero-order valence-corrected chi connectivity index (χ0v) is 11.5. The summed E-state index contributed by atoms with van der Waals surface area (Å²) in [7, 11) is 0. The minimum absolute atomic E-state index is 0.600. The van der Waals surface area contributed by atoms with Crippen LogP contribution in [0, 0.1) is 6.92 Å². The van der Waals surface area contributed by atoms with E-state index in [0.717, 1.165) is 28.4 Å². The highest BCUT2D eigenvalue weighted by molar-refractivity contribution is 5.52. The van der Waals surface area contributed by atoms with Crippen LogP contribution in [0.1, 0.15) is 22.4 Å². The highest BCUT2D eigenvalue weighted by Crippen LogP contribution is 2.27. The number of nitrogen functional groups attached to an aromatic ring is 1. The van der Waals surface area contributed by atoms with Gasteiger partial charge < -0.3 is 5.43 Å². The monoisotopic (exact) mass is 295 g/mol. The number of hydrogen-bond acceptors (Lipinski definition) is 3. The molecule has 0 aliphatic heterocycles. The second kappa shape index (κ2) is 6.13. The van der Waals surface area contributed by atoms with Crippen molar-refractivity contribution in [3.8, 4) is 0 Å². The summed E-state index contributed by atoms with van der Waals surface area (Å²) in [5.41, 5.74) is 5.46. The molecule has 0 spiro atoms. The zero-order valence-electron chi connectivity index (χ0n) is 11.5. The Morgan fingerprint density at radius 2 is 1.90 bits per heavy atom. The van der Waals surface area contributed by atoms with E-state index in [1.54, 1.807) is 0 Å². The molecule has 0 unspecified atom stereocenters. The SMILES string of the molecule is Cc1ccc(NN)c(CCc2ccc(C(F)(F)F)nc2)c1. The van der Waals surface area contributed by atoms with Gasteiger partial charge in [0.05, 0.1) is 5.69 Å². The van der Waals surface area contributed by atoms with Gasteiger partial charge in [0.1, 0.15) is 5.69 Å². The van der Waals surface area contributed by atoms with Gasteiger partial charge in [-0.3, -0.25) is 10.8 Å². The lowest BCUT2D eigenvalue weighted by Gasteiger charge is -2.10. The van der Waals surface area contributed by atoms with Crippen molar-refractivity contribution in [1.29, 1.82) is 0 Å². The molecule has 0 fully saturated rings. The van der Waals surface area contributed by atoms with E-state index in [-0.39, 0.29) is 0 Å². The van der Waals surface area contributed by atoms with Gasteiger partial charge >= 0.3 is 6.18 Å². The molecule has 1 aromatic heterocycles. The van der Waals surface area contributed by atoms with Crippen molar-refractivity contribution in [2.45, 2.75) is 25.9 Å². The lowest BCUT2D eigenvalue weighted by molar-refractivity contribution is -0.141. The van der Waals surface area contributed by atoms with Gasteiger partial charge in [-0.2, -0.15) is 13.2 Å². The van der Waals surface area contributed by atoms with Gasteiger partial charge in [0.25, 0.3) is 0 Å². The number of pyridine rings is 1. The molecule has 0 amide bonds. The second-order valence-electron chi connectivity index (χ2n) is 4.85. The number of alkyl halides is 3. The van der Waals surface area contributed by atoms with E-state index < -0.39 is 11.9 Å². The van der Waals surface area contributed by atoms with Crippen LogP contribution in [0.4, 0.5) is 18.9 Å². The molecule has 112 valence electrons. The Hall–Kier alpha value is -2.08. The number of hydrogen-bond donors (Lipinski definition) is 2. The van der Waals surface area contributed by atoms with Crippen LogP contribution >= 0.6 is 0 Å². The molecule has 0 aliphatic rings. The third-order valence-electron chi connectivity index (χ3n) is 3.21. The Labute approximate surface area is 121 Å². The maximum absolute atomic E-state index is 12.4. The lowest BCUT2D eigenvalue weighted by Crippen LogP contribution is -2.10. The van der Waals surface area contributed by atoms with Crippen LogP contribution in [0.25, 0.3) is 0 Å². The number of aryl methyl sites for hydroxylation is 3. The molecule has 1 heterocycles. The maximum atomic E-state index is 12.4. The summed E-state index contributed by atoms with van der Waals surface area (Å²) < 4.78 is 37.3. The van der Waals surface area contributed by atoms with Crippen molar-refractivity contribution < 1.29 is 13.2 Å². The smallest absolute Gasteiger partial charge is 0.324 e. The highest BCUT2D eigenvalue weighted by atomic mass is 19.4. The largest absolute Gasteiger partial charge is 0.433 e. The van der Waals surface area contributed by atoms with E-state index in [4.69, 9.17) is 5.84 Å². The summed E-state index contributed by atoms with van der Waals surface area (Å²) >= 11 is 0. The Morgan fingerprint density at radius 1 is 1.14 bits per heavy atom. The first-order valence-electron chi connectivity index (χ1n) is 6.48. The third kappa shape index (κ3) is 3.95. The van der Waals surface area contributed by atoms with Crippen LogP contribution in [-0.2, 0) is 19.0 Å². The van der Waals surface area contributed by atoms with Crippen molar-refractivity contribution in [2.24, 2.45) is 5.84 Å². The van der Waals surface area contributed by atoms with E-state index in [9.17, 15) is 13.2 Å². The zero-order chi connectivity index (χ0) is 15.5. The molecule has 0 atom stereocenters. The summed E-state index contributed by atoms with van der Waals surface area (Å²) in [4.78, 5) is 3.46. The van der Waals surface area contributed by atoms with Crippen LogP contribution < -0.4 is 11.3 Å². The minimum Gasteiger partial charge on any atom is -0.324 e. The number of anilines is 1. The summed E-state index contributed by atoms with van der Waals surface area (Å²) in [6.45, 7) is 1.98. The van der Waals surface area contributed by atoms with Crippen LogP contribution in [0.15, 0.2) is 36.5 Å². The Kier molecular flexibility index (Phi) is 4.47. The van der Waals surface area contributed by atoms with E-state index in [0.29, 0.717) is 12.8 Å². The molecular formula is C15H16F3N3. The van der Waals surface area contributed by atoms with Gasteiger partial charge in [-0.25, -0.2) is 0 Å². The van der Waals surface area contributed by atoms with E-state index in [1.165, 1.54) is 12.3 Å². The molecule has 3 N–H and O–H groups in total. The molecule has 21 heavy (non-hydrogen) atoms. The van der Waals surface area contributed by atoms with E-state index >= 15 is 0 Å². The van der Waals surface area contributed by atoms with Gasteiger partial charge in [-0.1, -0.05) is 23.8 Å². The van der Waals surface area contributed by atoms with Gasteiger partial charge in [0.2, 0.25) is 0 Å². The molecule has 0 radical (unpaired) electrons. The van der Waals surface area contributed by atoms with Crippen molar-refractivity contribution in [2.75, 3.05) is 5.43 Å². The fourth-order valence-corrected chi connectivity index (χ4v) is 2.09. The number of rotatable bonds is 4. The molecule has 0 bridgehead atoms. The molecule has 0 saturated carbocycles. The van der Waals surface area contributed by atoms with Gasteiger partial charge in [-0.05, 0) is 43.0 Å². The lowest BCUT2D eigenvalue weighted by atomic mass is 10.0. The molecule has 0 saturated heterocycles. The fraction of sp³-hybridized carbons (Fsp3) is 0.267. The summed E-state index contributed by atoms with van der Waals surface area (Å²) in [6, 6.07) is 8.30. The van der Waals surface area contributed by atoms with E-state index in [2.05, 4.69) is 10.4 Å². The Morgan fingerprint density at radius 3 is 2.48 bits per heavy atom. The first-order chi connectivity index (χ1) is 9.90. The number of benzene rings is 1. The van der Waals surface area contributed by atoms with Crippen LogP contribution in [0.5, 0.6) is 0 Å². The van der Waals surface area contributed by atoms with Gasteiger partial charge in [-0.15, -0.1) is 0 Å². The minimum atomic E-state index is -4.40. The van der Waals surface area contributed by atoms with Gasteiger partial charge in [0.15, 0.2) is 0 Å². The average molecular weight is 295 g/mol. The Bertz CT molecular complexity index is 607. The fourth-order valence-electron chi connectivity index (χ4n) is 2.09. The van der Waals surface area contributed by atoms with Crippen molar-refractivity contribution in [1.82, 2.24) is 4.98 Å². The second-order valence-corrected chi connectivity index (χ2v) is 4.85. The molecule has 1 aromatic carbocycles. The average Bonchev–Trinajstić information content (AvgIpc) is 2.45. The van der Waals surface area contributed by atoms with Gasteiger partial charge in [0, 0.05) is 6.20 Å². The normalized spacial score (nSPS) is 11.5. The first kappa shape index (κ1) is 15.3. The molecule has 0 aliphatic carbocycles. The Balaban J connectivity index is 2.08. The number of hydrazine groups is 1. The number of nitrogens with zero attached hydrogens (tertiary/aromatic N) is 1. The summed E-state index contributed by atoms with van der Waals surface area (Å²) in [5.74, 6) is 5.45. The maximum Gasteiger partial charge on any atom is 0.433 e.